The van der Waals surface area contributed by atoms with Crippen molar-refractivity contribution < 1.29 is 23.8 Å². The van der Waals surface area contributed by atoms with Gasteiger partial charge in [0.25, 0.3) is 5.91 Å². The summed E-state index contributed by atoms with van der Waals surface area (Å²) in [5.74, 6) is 0.310. The summed E-state index contributed by atoms with van der Waals surface area (Å²) in [7, 11) is 0. The summed E-state index contributed by atoms with van der Waals surface area (Å²) in [6, 6.07) is 7.15. The van der Waals surface area contributed by atoms with E-state index in [-0.39, 0.29) is 24.7 Å². The average molecular weight is 542 g/mol. The van der Waals surface area contributed by atoms with Crippen molar-refractivity contribution in [1.29, 1.82) is 0 Å². The molecule has 38 heavy (non-hydrogen) atoms. The van der Waals surface area contributed by atoms with Gasteiger partial charge in [-0.25, -0.2) is 14.3 Å². The van der Waals surface area contributed by atoms with E-state index in [9.17, 15) is 9.59 Å². The molecular weight excluding hydrogens is 510 g/mol. The van der Waals surface area contributed by atoms with Gasteiger partial charge in [-0.15, -0.1) is 0 Å². The number of benzene rings is 1. The highest BCUT2D eigenvalue weighted by atomic mass is 35.5. The number of nitrogens with zero attached hydrogens (tertiary/aromatic N) is 5. The number of para-hydroxylation sites is 1. The van der Waals surface area contributed by atoms with Gasteiger partial charge in [0, 0.05) is 12.1 Å². The Kier molecular flexibility index (Phi) is 6.96. The fourth-order valence-corrected chi connectivity index (χ4v) is 4.81. The molecule has 2 aliphatic rings. The standard InChI is InChI=1S/C27H32ClN5O5/c1-16-23(28)17(2)33-24(29-16)20-13-32(14-21(20)30-33)25(34)19-8-6-7-9-22(19)37-15-18-12-31(10-11-36-18)26(35)38-27(3,4)5/h6-9,18H,10-15H2,1-5H3. The van der Waals surface area contributed by atoms with E-state index in [0.717, 1.165) is 28.3 Å². The van der Waals surface area contributed by atoms with Crippen molar-refractivity contribution in [3.05, 3.63) is 57.5 Å². The monoisotopic (exact) mass is 541 g/mol. The summed E-state index contributed by atoms with van der Waals surface area (Å²) in [6.45, 7) is 11.4. The molecule has 0 aliphatic carbocycles. The largest absolute Gasteiger partial charge is 0.490 e. The second kappa shape index (κ2) is 10.1. The normalized spacial score (nSPS) is 17.6. The Balaban J connectivity index is 1.26. The number of hydrogen-bond acceptors (Lipinski definition) is 7. The van der Waals surface area contributed by atoms with Gasteiger partial charge in [0.15, 0.2) is 5.65 Å². The van der Waals surface area contributed by atoms with Crippen molar-refractivity contribution in [2.75, 3.05) is 26.3 Å². The van der Waals surface area contributed by atoms with Gasteiger partial charge < -0.3 is 24.0 Å². The number of aromatic nitrogens is 3. The van der Waals surface area contributed by atoms with Crippen molar-refractivity contribution in [2.45, 2.75) is 59.4 Å². The van der Waals surface area contributed by atoms with Crippen LogP contribution in [0.2, 0.25) is 5.02 Å². The molecule has 3 aromatic rings. The average Bonchev–Trinajstić information content (AvgIpc) is 3.44. The molecule has 2 amide bonds. The first-order chi connectivity index (χ1) is 18.0. The third-order valence-corrected chi connectivity index (χ3v) is 7.12. The van der Waals surface area contributed by atoms with Crippen molar-refractivity contribution >= 4 is 29.2 Å². The number of ether oxygens (including phenoxy) is 3. The van der Waals surface area contributed by atoms with Gasteiger partial charge in [-0.05, 0) is 46.8 Å². The molecule has 2 aromatic heterocycles. The lowest BCUT2D eigenvalue weighted by atomic mass is 10.1. The second-order valence-corrected chi connectivity index (χ2v) is 11.0. The molecule has 202 valence electrons. The van der Waals surface area contributed by atoms with Crippen LogP contribution in [0.3, 0.4) is 0 Å². The second-order valence-electron chi connectivity index (χ2n) is 10.6. The molecule has 1 saturated heterocycles. The maximum Gasteiger partial charge on any atom is 0.410 e. The van der Waals surface area contributed by atoms with Crippen LogP contribution >= 0.6 is 11.6 Å². The first kappa shape index (κ1) is 26.2. The molecule has 1 fully saturated rings. The molecule has 0 spiro atoms. The minimum Gasteiger partial charge on any atom is -0.490 e. The third kappa shape index (κ3) is 5.15. The lowest BCUT2D eigenvalue weighted by Gasteiger charge is -2.34. The maximum atomic E-state index is 13.6. The van der Waals surface area contributed by atoms with Crippen LogP contribution in [0, 0.1) is 13.8 Å². The Morgan fingerprint density at radius 1 is 1.16 bits per heavy atom. The highest BCUT2D eigenvalue weighted by molar-refractivity contribution is 6.31. The quantitative estimate of drug-likeness (QED) is 0.489. The molecule has 0 saturated carbocycles. The van der Waals surface area contributed by atoms with Crippen molar-refractivity contribution in [2.24, 2.45) is 0 Å². The van der Waals surface area contributed by atoms with Gasteiger partial charge in [-0.2, -0.15) is 5.10 Å². The molecule has 11 heteroatoms. The van der Waals surface area contributed by atoms with Crippen LogP contribution in [-0.2, 0) is 22.6 Å². The summed E-state index contributed by atoms with van der Waals surface area (Å²) in [5, 5.41) is 5.26. The summed E-state index contributed by atoms with van der Waals surface area (Å²) in [6.07, 6.45) is -0.711. The molecule has 1 atom stereocenters. The predicted molar refractivity (Wildman–Crippen MR) is 141 cm³/mol. The maximum absolute atomic E-state index is 13.6. The zero-order chi connectivity index (χ0) is 27.2. The molecule has 1 aromatic carbocycles. The smallest absolute Gasteiger partial charge is 0.410 e. The summed E-state index contributed by atoms with van der Waals surface area (Å²) >= 11 is 6.35. The molecule has 4 heterocycles. The van der Waals surface area contributed by atoms with E-state index in [1.54, 1.807) is 26.4 Å². The summed E-state index contributed by atoms with van der Waals surface area (Å²) in [4.78, 5) is 34.0. The van der Waals surface area contributed by atoms with Gasteiger partial charge in [0.05, 0.1) is 53.9 Å². The number of rotatable bonds is 4. The summed E-state index contributed by atoms with van der Waals surface area (Å²) in [5.41, 5.74) is 3.92. The van der Waals surface area contributed by atoms with Crippen LogP contribution in [0.25, 0.3) is 5.65 Å². The topological polar surface area (TPSA) is 98.5 Å². The van der Waals surface area contributed by atoms with Crippen LogP contribution in [0.5, 0.6) is 5.75 Å². The number of amides is 2. The highest BCUT2D eigenvalue weighted by Crippen LogP contribution is 2.31. The van der Waals surface area contributed by atoms with Crippen LogP contribution in [0.1, 0.15) is 53.8 Å². The zero-order valence-electron chi connectivity index (χ0n) is 22.3. The van der Waals surface area contributed by atoms with Gasteiger partial charge in [-0.3, -0.25) is 4.79 Å². The number of hydrogen-bond donors (Lipinski definition) is 0. The first-order valence-corrected chi connectivity index (χ1v) is 13.0. The third-order valence-electron chi connectivity index (χ3n) is 6.58. The Bertz CT molecular complexity index is 1400. The van der Waals surface area contributed by atoms with Gasteiger partial charge >= 0.3 is 6.09 Å². The number of morpholine rings is 1. The van der Waals surface area contributed by atoms with Gasteiger partial charge in [0.1, 0.15) is 24.1 Å². The number of halogens is 1. The van der Waals surface area contributed by atoms with E-state index in [1.165, 1.54) is 0 Å². The van der Waals surface area contributed by atoms with Crippen molar-refractivity contribution in [1.82, 2.24) is 24.4 Å². The molecule has 0 radical (unpaired) electrons. The van der Waals surface area contributed by atoms with Crippen LogP contribution in [-0.4, -0.2) is 74.4 Å². The molecule has 5 rings (SSSR count). The number of carbonyl (C=O) groups is 2. The Labute approximate surface area is 226 Å². The van der Waals surface area contributed by atoms with E-state index in [4.69, 9.17) is 25.8 Å². The lowest BCUT2D eigenvalue weighted by Crippen LogP contribution is -2.49. The first-order valence-electron chi connectivity index (χ1n) is 12.7. The zero-order valence-corrected chi connectivity index (χ0v) is 23.0. The minimum absolute atomic E-state index is 0.154. The van der Waals surface area contributed by atoms with E-state index in [0.29, 0.717) is 49.1 Å². The Morgan fingerprint density at radius 2 is 1.92 bits per heavy atom. The minimum atomic E-state index is -0.569. The summed E-state index contributed by atoms with van der Waals surface area (Å²) < 4.78 is 19.1. The van der Waals surface area contributed by atoms with Crippen LogP contribution in [0.15, 0.2) is 24.3 Å². The number of aryl methyl sites for hydroxylation is 2. The molecule has 0 bridgehead atoms. The Hall–Kier alpha value is -3.37. The highest BCUT2D eigenvalue weighted by Gasteiger charge is 2.32. The fraction of sp³-hybridized carbons (Fsp3) is 0.481. The Morgan fingerprint density at radius 3 is 2.68 bits per heavy atom. The van der Waals surface area contributed by atoms with Gasteiger partial charge in [0.2, 0.25) is 0 Å². The van der Waals surface area contributed by atoms with Crippen LogP contribution in [0.4, 0.5) is 4.79 Å². The molecule has 10 nitrogen and oxygen atoms in total. The molecule has 2 aliphatic heterocycles. The number of fused-ring (bicyclic) bond motifs is 3. The van der Waals surface area contributed by atoms with E-state index in [1.807, 2.05) is 46.8 Å². The molecular formula is C27H32ClN5O5. The fourth-order valence-electron chi connectivity index (χ4n) is 4.69. The van der Waals surface area contributed by atoms with Crippen LogP contribution < -0.4 is 4.74 Å². The van der Waals surface area contributed by atoms with Crippen molar-refractivity contribution in [3.8, 4) is 5.75 Å². The van der Waals surface area contributed by atoms with Gasteiger partial charge in [-0.1, -0.05) is 23.7 Å². The van der Waals surface area contributed by atoms with E-state index < -0.39 is 5.60 Å². The van der Waals surface area contributed by atoms with Crippen molar-refractivity contribution in [3.63, 3.8) is 0 Å². The predicted octanol–water partition coefficient (Wildman–Crippen LogP) is 4.17. The van der Waals surface area contributed by atoms with E-state index in [2.05, 4.69) is 10.1 Å². The number of carbonyl (C=O) groups excluding carboxylic acids is 2. The molecule has 1 unspecified atom stereocenters. The SMILES string of the molecule is Cc1nc2c3c(nn2c(C)c1Cl)CN(C(=O)c1ccccc1OCC1CN(C(=O)OC(C)(C)C)CCO1)C3. The molecule has 0 N–H and O–H groups in total. The van der Waals surface area contributed by atoms with E-state index >= 15 is 0 Å². The lowest BCUT2D eigenvalue weighted by molar-refractivity contribution is -0.0557.